The fraction of sp³-hybridized carbons (Fsp3) is 0.375. The number of carbonyl (C=O) groups excluding carboxylic acids is 1. The van der Waals surface area contributed by atoms with E-state index in [4.69, 9.17) is 12.2 Å². The maximum absolute atomic E-state index is 13.1. The third-order valence-electron chi connectivity index (χ3n) is 5.82. The van der Waals surface area contributed by atoms with Crippen molar-refractivity contribution in [1.29, 1.82) is 0 Å². The molecule has 0 aliphatic carbocycles. The van der Waals surface area contributed by atoms with Gasteiger partial charge in [0.1, 0.15) is 0 Å². The lowest BCUT2D eigenvalue weighted by atomic mass is 9.99. The Morgan fingerprint density at radius 1 is 1.10 bits per heavy atom. The monoisotopic (exact) mass is 420 g/mol. The standard InChI is InChI=1S/C24H28N4OS/c1-16-6-8-19(9-7-16)23-25-26-24(30)28(23)12-10-22(29)27-11-4-5-21(27)20-14-17(2)13-18(3)15-20/h6-9,13-15,21H,4-5,10-12H2,1-3H3,(H,26,30). The van der Waals surface area contributed by atoms with Gasteiger partial charge in [0.05, 0.1) is 6.04 Å². The van der Waals surface area contributed by atoms with Gasteiger partial charge in [-0.3, -0.25) is 14.5 Å². The summed E-state index contributed by atoms with van der Waals surface area (Å²) in [5.41, 5.74) is 5.93. The van der Waals surface area contributed by atoms with Crippen LogP contribution in [0.15, 0.2) is 42.5 Å². The van der Waals surface area contributed by atoms with Crippen LogP contribution in [-0.4, -0.2) is 32.1 Å². The minimum atomic E-state index is 0.171. The first-order valence-corrected chi connectivity index (χ1v) is 10.9. The van der Waals surface area contributed by atoms with Crippen LogP contribution >= 0.6 is 12.2 Å². The number of aromatic nitrogens is 3. The molecule has 1 unspecified atom stereocenters. The van der Waals surface area contributed by atoms with Gasteiger partial charge in [-0.05, 0) is 51.4 Å². The molecule has 1 saturated heterocycles. The second-order valence-corrected chi connectivity index (χ2v) is 8.67. The lowest BCUT2D eigenvalue weighted by Crippen LogP contribution is -2.31. The van der Waals surface area contributed by atoms with E-state index in [9.17, 15) is 4.79 Å². The Bertz CT molecular complexity index is 1090. The molecule has 2 aromatic carbocycles. The van der Waals surface area contributed by atoms with E-state index in [1.807, 2.05) is 21.6 Å². The van der Waals surface area contributed by atoms with Crippen LogP contribution < -0.4 is 0 Å². The van der Waals surface area contributed by atoms with Gasteiger partial charge in [-0.2, -0.15) is 5.10 Å². The molecule has 2 heterocycles. The van der Waals surface area contributed by atoms with Crippen LogP contribution in [0.25, 0.3) is 11.4 Å². The van der Waals surface area contributed by atoms with E-state index in [0.717, 1.165) is 30.8 Å². The number of aryl methyl sites for hydroxylation is 3. The summed E-state index contributed by atoms with van der Waals surface area (Å²) in [5.74, 6) is 0.953. The number of aromatic amines is 1. The predicted molar refractivity (Wildman–Crippen MR) is 122 cm³/mol. The number of nitrogens with one attached hydrogen (secondary N) is 1. The quantitative estimate of drug-likeness (QED) is 0.571. The summed E-state index contributed by atoms with van der Waals surface area (Å²) in [6.07, 6.45) is 2.48. The molecule has 5 nitrogen and oxygen atoms in total. The summed E-state index contributed by atoms with van der Waals surface area (Å²) >= 11 is 5.43. The van der Waals surface area contributed by atoms with E-state index in [-0.39, 0.29) is 11.9 Å². The highest BCUT2D eigenvalue weighted by Crippen LogP contribution is 2.33. The molecule has 3 aromatic rings. The highest BCUT2D eigenvalue weighted by Gasteiger charge is 2.30. The highest BCUT2D eigenvalue weighted by atomic mass is 32.1. The lowest BCUT2D eigenvalue weighted by Gasteiger charge is -2.26. The number of H-pyrrole nitrogens is 1. The van der Waals surface area contributed by atoms with E-state index >= 15 is 0 Å². The van der Waals surface area contributed by atoms with Crippen LogP contribution in [0.3, 0.4) is 0 Å². The Morgan fingerprint density at radius 3 is 2.50 bits per heavy atom. The first kappa shape index (κ1) is 20.5. The number of amides is 1. The molecule has 0 bridgehead atoms. The molecule has 1 aliphatic rings. The van der Waals surface area contributed by atoms with Gasteiger partial charge in [-0.1, -0.05) is 59.2 Å². The molecule has 0 spiro atoms. The van der Waals surface area contributed by atoms with Crippen molar-refractivity contribution in [3.8, 4) is 11.4 Å². The highest BCUT2D eigenvalue weighted by molar-refractivity contribution is 7.71. The molecule has 1 fully saturated rings. The molecule has 0 saturated carbocycles. The van der Waals surface area contributed by atoms with Crippen molar-refractivity contribution in [2.75, 3.05) is 6.54 Å². The van der Waals surface area contributed by atoms with Crippen molar-refractivity contribution >= 4 is 18.1 Å². The summed E-state index contributed by atoms with van der Waals surface area (Å²) in [5, 5.41) is 7.28. The van der Waals surface area contributed by atoms with Crippen molar-refractivity contribution in [1.82, 2.24) is 19.7 Å². The van der Waals surface area contributed by atoms with Crippen molar-refractivity contribution in [2.24, 2.45) is 0 Å². The molecule has 30 heavy (non-hydrogen) atoms. The molecule has 156 valence electrons. The molecule has 1 atom stereocenters. The largest absolute Gasteiger partial charge is 0.336 e. The van der Waals surface area contributed by atoms with Crippen molar-refractivity contribution in [2.45, 2.75) is 52.6 Å². The number of hydrogen-bond acceptors (Lipinski definition) is 3. The van der Waals surface area contributed by atoms with E-state index in [1.54, 1.807) is 0 Å². The smallest absolute Gasteiger partial charge is 0.224 e. The molecule has 1 amide bonds. The molecule has 1 aliphatic heterocycles. The Morgan fingerprint density at radius 2 is 1.80 bits per heavy atom. The summed E-state index contributed by atoms with van der Waals surface area (Å²) in [6.45, 7) is 7.63. The number of hydrogen-bond donors (Lipinski definition) is 1. The fourth-order valence-electron chi connectivity index (χ4n) is 4.41. The third kappa shape index (κ3) is 4.24. The molecular weight excluding hydrogens is 392 g/mol. The number of nitrogens with zero attached hydrogens (tertiary/aromatic N) is 3. The van der Waals surface area contributed by atoms with Gasteiger partial charge >= 0.3 is 0 Å². The van der Waals surface area contributed by atoms with Crippen LogP contribution in [0.1, 0.15) is 47.6 Å². The van der Waals surface area contributed by atoms with Crippen molar-refractivity contribution in [3.05, 3.63) is 69.5 Å². The number of benzene rings is 2. The molecule has 6 heteroatoms. The van der Waals surface area contributed by atoms with Crippen molar-refractivity contribution in [3.63, 3.8) is 0 Å². The Hall–Kier alpha value is -2.73. The minimum Gasteiger partial charge on any atom is -0.336 e. The van der Waals surface area contributed by atoms with E-state index in [1.165, 1.54) is 22.3 Å². The van der Waals surface area contributed by atoms with E-state index in [0.29, 0.717) is 17.7 Å². The van der Waals surface area contributed by atoms with Crippen LogP contribution in [0.5, 0.6) is 0 Å². The van der Waals surface area contributed by atoms with Gasteiger partial charge in [-0.15, -0.1) is 0 Å². The van der Waals surface area contributed by atoms with Gasteiger partial charge in [0.25, 0.3) is 0 Å². The number of rotatable bonds is 5. The summed E-state index contributed by atoms with van der Waals surface area (Å²) in [4.78, 5) is 15.2. The normalized spacial score (nSPS) is 16.2. The van der Waals surface area contributed by atoms with Gasteiger partial charge in [0, 0.05) is 25.1 Å². The van der Waals surface area contributed by atoms with Crippen LogP contribution in [0.2, 0.25) is 0 Å². The zero-order valence-electron chi connectivity index (χ0n) is 17.8. The molecular formula is C24H28N4OS. The summed E-state index contributed by atoms with van der Waals surface area (Å²) in [6, 6.07) is 15.0. The van der Waals surface area contributed by atoms with E-state index in [2.05, 4.69) is 61.3 Å². The molecule has 4 rings (SSSR count). The zero-order valence-corrected chi connectivity index (χ0v) is 18.6. The molecule has 1 aromatic heterocycles. The van der Waals surface area contributed by atoms with Gasteiger partial charge in [0.15, 0.2) is 10.6 Å². The first-order chi connectivity index (χ1) is 14.4. The van der Waals surface area contributed by atoms with E-state index < -0.39 is 0 Å². The van der Waals surface area contributed by atoms with Crippen LogP contribution in [-0.2, 0) is 11.3 Å². The molecule has 1 N–H and O–H groups in total. The predicted octanol–water partition coefficient (Wildman–Crippen LogP) is 5.29. The zero-order chi connectivity index (χ0) is 21.3. The molecule has 0 radical (unpaired) electrons. The fourth-order valence-corrected chi connectivity index (χ4v) is 4.64. The lowest BCUT2D eigenvalue weighted by molar-refractivity contribution is -0.132. The maximum Gasteiger partial charge on any atom is 0.224 e. The van der Waals surface area contributed by atoms with Gasteiger partial charge in [-0.25, -0.2) is 0 Å². The third-order valence-corrected chi connectivity index (χ3v) is 6.13. The maximum atomic E-state index is 13.1. The van der Waals surface area contributed by atoms with Gasteiger partial charge < -0.3 is 4.90 Å². The summed E-state index contributed by atoms with van der Waals surface area (Å²) in [7, 11) is 0. The SMILES string of the molecule is Cc1ccc(-c2n[nH]c(=S)n2CCC(=O)N2CCCC2c2cc(C)cc(C)c2)cc1. The average Bonchev–Trinajstić information content (AvgIpc) is 3.33. The summed E-state index contributed by atoms with van der Waals surface area (Å²) < 4.78 is 2.48. The van der Waals surface area contributed by atoms with Gasteiger partial charge in [0.2, 0.25) is 5.91 Å². The topological polar surface area (TPSA) is 53.9 Å². The first-order valence-electron chi connectivity index (χ1n) is 10.5. The van der Waals surface area contributed by atoms with Crippen molar-refractivity contribution < 1.29 is 4.79 Å². The Kier molecular flexibility index (Phi) is 5.86. The average molecular weight is 421 g/mol. The van der Waals surface area contributed by atoms with Crippen LogP contribution in [0.4, 0.5) is 0 Å². The Balaban J connectivity index is 1.50. The second kappa shape index (κ2) is 8.56. The van der Waals surface area contributed by atoms with Crippen LogP contribution in [0, 0.1) is 25.5 Å². The second-order valence-electron chi connectivity index (χ2n) is 8.29. The minimum absolute atomic E-state index is 0.171. The number of carbonyl (C=O) groups is 1. The Labute approximate surface area is 182 Å². The number of likely N-dealkylation sites (tertiary alicyclic amines) is 1.